The van der Waals surface area contributed by atoms with Gasteiger partial charge in [0.2, 0.25) is 10.0 Å². The molecule has 1 aliphatic carbocycles. The topological polar surface area (TPSA) is 122 Å². The highest BCUT2D eigenvalue weighted by Crippen LogP contribution is 2.30. The van der Waals surface area contributed by atoms with Gasteiger partial charge >= 0.3 is 5.69 Å². The van der Waals surface area contributed by atoms with E-state index in [1.54, 1.807) is 11.0 Å². The number of benzene rings is 2. The van der Waals surface area contributed by atoms with Crippen LogP contribution >= 0.6 is 0 Å². The van der Waals surface area contributed by atoms with E-state index in [2.05, 4.69) is 15.0 Å². The summed E-state index contributed by atoms with van der Waals surface area (Å²) >= 11 is 0. The van der Waals surface area contributed by atoms with Crippen LogP contribution < -0.4 is 5.69 Å². The minimum absolute atomic E-state index is 0.0731. The minimum Gasteiger partial charge on any atom is -0.358 e. The lowest BCUT2D eigenvalue weighted by atomic mass is 9.95. The normalized spacial score (nSPS) is 17.4. The SMILES string of the molecule is O=C(c1ccc2[nH]c3c(c2c1)CCCC3)N1CCN(S(=O)(=O)c2ccc3[nH]c(=O)[nH]c3c2)CC1. The summed E-state index contributed by atoms with van der Waals surface area (Å²) in [5.41, 5.74) is 4.94. The maximum Gasteiger partial charge on any atom is 0.323 e. The van der Waals surface area contributed by atoms with Crippen molar-refractivity contribution in [1.29, 1.82) is 0 Å². The number of H-pyrrole nitrogens is 3. The maximum absolute atomic E-state index is 13.2. The second-order valence-corrected chi connectivity index (χ2v) is 11.0. The number of rotatable bonds is 3. The first-order chi connectivity index (χ1) is 16.4. The number of imidazole rings is 1. The van der Waals surface area contributed by atoms with Gasteiger partial charge in [0.15, 0.2) is 0 Å². The number of hydrogen-bond donors (Lipinski definition) is 3. The van der Waals surface area contributed by atoms with Gasteiger partial charge in [-0.05, 0) is 67.6 Å². The van der Waals surface area contributed by atoms with E-state index in [0.29, 0.717) is 29.7 Å². The van der Waals surface area contributed by atoms with Crippen LogP contribution in [-0.4, -0.2) is 64.7 Å². The number of amides is 1. The van der Waals surface area contributed by atoms with Gasteiger partial charge in [-0.2, -0.15) is 4.31 Å². The largest absolute Gasteiger partial charge is 0.358 e. The zero-order valence-corrected chi connectivity index (χ0v) is 19.4. The lowest BCUT2D eigenvalue weighted by molar-refractivity contribution is 0.0698. The second kappa shape index (κ2) is 7.85. The van der Waals surface area contributed by atoms with Gasteiger partial charge in [0, 0.05) is 48.3 Å². The van der Waals surface area contributed by atoms with Gasteiger partial charge in [-0.15, -0.1) is 0 Å². The molecule has 10 heteroatoms. The monoisotopic (exact) mass is 479 g/mol. The fourth-order valence-corrected chi connectivity index (χ4v) is 6.62. The van der Waals surface area contributed by atoms with Gasteiger partial charge < -0.3 is 19.9 Å². The van der Waals surface area contributed by atoms with Crippen LogP contribution in [0.3, 0.4) is 0 Å². The molecule has 2 aliphatic rings. The van der Waals surface area contributed by atoms with Crippen LogP contribution in [0.5, 0.6) is 0 Å². The standard InChI is InChI=1S/C24H25N5O4S/c30-23(15-5-7-20-18(13-15)17-3-1-2-4-19(17)25-20)28-9-11-29(12-10-28)34(32,33)16-6-8-21-22(14-16)27-24(31)26-21/h5-8,13-14,25H,1-4,9-12H2,(H2,26,27,31). The van der Waals surface area contributed by atoms with E-state index in [1.807, 2.05) is 18.2 Å². The molecule has 3 heterocycles. The van der Waals surface area contributed by atoms with Crippen molar-refractivity contribution in [3.63, 3.8) is 0 Å². The Labute approximate surface area is 195 Å². The molecule has 3 N–H and O–H groups in total. The van der Waals surface area contributed by atoms with Crippen molar-refractivity contribution in [2.75, 3.05) is 26.2 Å². The first kappa shape index (κ1) is 21.2. The lowest BCUT2D eigenvalue weighted by Crippen LogP contribution is -2.50. The molecule has 1 aliphatic heterocycles. The molecule has 0 atom stereocenters. The second-order valence-electron chi connectivity index (χ2n) is 9.03. The molecule has 0 bridgehead atoms. The summed E-state index contributed by atoms with van der Waals surface area (Å²) in [5.74, 6) is -0.0731. The van der Waals surface area contributed by atoms with Crippen molar-refractivity contribution in [2.24, 2.45) is 0 Å². The van der Waals surface area contributed by atoms with Crippen molar-refractivity contribution in [2.45, 2.75) is 30.6 Å². The fraction of sp³-hybridized carbons (Fsp3) is 0.333. The number of hydrogen-bond acceptors (Lipinski definition) is 4. The van der Waals surface area contributed by atoms with E-state index in [1.165, 1.54) is 40.5 Å². The molecule has 0 saturated carbocycles. The Hall–Kier alpha value is -3.37. The molecule has 9 nitrogen and oxygen atoms in total. The summed E-state index contributed by atoms with van der Waals surface area (Å²) in [4.78, 5) is 35.2. The molecule has 2 aromatic carbocycles. The number of aromatic nitrogens is 3. The zero-order valence-electron chi connectivity index (χ0n) is 18.6. The third kappa shape index (κ3) is 3.45. The molecule has 0 unspecified atom stereocenters. The summed E-state index contributed by atoms with van der Waals surface area (Å²) in [6.07, 6.45) is 4.44. The fourth-order valence-electron chi connectivity index (χ4n) is 5.17. The van der Waals surface area contributed by atoms with Crippen LogP contribution in [0.25, 0.3) is 21.9 Å². The highest BCUT2D eigenvalue weighted by atomic mass is 32.2. The third-order valence-electron chi connectivity index (χ3n) is 7.00. The maximum atomic E-state index is 13.2. The Bertz CT molecular complexity index is 1590. The van der Waals surface area contributed by atoms with E-state index < -0.39 is 10.0 Å². The van der Waals surface area contributed by atoms with Gasteiger partial charge in [0.1, 0.15) is 0 Å². The van der Waals surface area contributed by atoms with Crippen LogP contribution in [0.15, 0.2) is 46.1 Å². The molecule has 1 amide bonds. The third-order valence-corrected chi connectivity index (χ3v) is 8.89. The van der Waals surface area contributed by atoms with E-state index in [-0.39, 0.29) is 29.6 Å². The van der Waals surface area contributed by atoms with Gasteiger partial charge in [0.25, 0.3) is 5.91 Å². The van der Waals surface area contributed by atoms with Gasteiger partial charge in [-0.1, -0.05) is 0 Å². The number of carbonyl (C=O) groups excluding carboxylic acids is 1. The Morgan fingerprint density at radius 3 is 2.38 bits per heavy atom. The Morgan fingerprint density at radius 1 is 0.824 bits per heavy atom. The number of nitrogens with one attached hydrogen (secondary N) is 3. The molecular weight excluding hydrogens is 454 g/mol. The molecule has 6 rings (SSSR count). The number of sulfonamides is 1. The molecule has 176 valence electrons. The van der Waals surface area contributed by atoms with Crippen LogP contribution in [0.2, 0.25) is 0 Å². The predicted molar refractivity (Wildman–Crippen MR) is 129 cm³/mol. The summed E-state index contributed by atoms with van der Waals surface area (Å²) in [7, 11) is -3.73. The molecule has 34 heavy (non-hydrogen) atoms. The molecule has 4 aromatic rings. The smallest absolute Gasteiger partial charge is 0.323 e. The predicted octanol–water partition coefficient (Wildman–Crippen LogP) is 2.36. The van der Waals surface area contributed by atoms with Crippen molar-refractivity contribution < 1.29 is 13.2 Å². The van der Waals surface area contributed by atoms with E-state index in [0.717, 1.165) is 23.7 Å². The number of aromatic amines is 3. The number of nitrogens with zero attached hydrogens (tertiary/aromatic N) is 2. The summed E-state index contributed by atoms with van der Waals surface area (Å²) in [6.45, 7) is 1.09. The average Bonchev–Trinajstić information content (AvgIpc) is 3.42. The minimum atomic E-state index is -3.73. The van der Waals surface area contributed by atoms with Crippen LogP contribution in [0.4, 0.5) is 0 Å². The van der Waals surface area contributed by atoms with Gasteiger partial charge in [0.05, 0.1) is 15.9 Å². The first-order valence-corrected chi connectivity index (χ1v) is 13.0. The Kier molecular flexibility index (Phi) is 4.89. The van der Waals surface area contributed by atoms with E-state index in [9.17, 15) is 18.0 Å². The summed E-state index contributed by atoms with van der Waals surface area (Å²) in [6, 6.07) is 10.3. The molecule has 0 spiro atoms. The van der Waals surface area contributed by atoms with Crippen LogP contribution in [0, 0.1) is 0 Å². The van der Waals surface area contributed by atoms with Crippen molar-refractivity contribution in [3.8, 4) is 0 Å². The molecular formula is C24H25N5O4S. The van der Waals surface area contributed by atoms with Crippen LogP contribution in [0.1, 0.15) is 34.5 Å². The summed E-state index contributed by atoms with van der Waals surface area (Å²) in [5, 5.41) is 1.12. The lowest BCUT2D eigenvalue weighted by Gasteiger charge is -2.34. The Balaban J connectivity index is 1.19. The Morgan fingerprint density at radius 2 is 1.56 bits per heavy atom. The van der Waals surface area contributed by atoms with Gasteiger partial charge in [-0.25, -0.2) is 13.2 Å². The molecule has 2 aromatic heterocycles. The quantitative estimate of drug-likeness (QED) is 0.418. The number of piperazine rings is 1. The molecule has 1 saturated heterocycles. The number of fused-ring (bicyclic) bond motifs is 4. The highest BCUT2D eigenvalue weighted by molar-refractivity contribution is 7.89. The van der Waals surface area contributed by atoms with E-state index >= 15 is 0 Å². The zero-order chi connectivity index (χ0) is 23.4. The molecule has 0 radical (unpaired) electrons. The van der Waals surface area contributed by atoms with Crippen molar-refractivity contribution in [3.05, 3.63) is 63.7 Å². The van der Waals surface area contributed by atoms with Crippen molar-refractivity contribution in [1.82, 2.24) is 24.2 Å². The first-order valence-electron chi connectivity index (χ1n) is 11.5. The number of aryl methyl sites for hydroxylation is 2. The van der Waals surface area contributed by atoms with Crippen LogP contribution in [-0.2, 0) is 22.9 Å². The number of carbonyl (C=O) groups is 1. The highest BCUT2D eigenvalue weighted by Gasteiger charge is 2.31. The van der Waals surface area contributed by atoms with Gasteiger partial charge in [-0.3, -0.25) is 4.79 Å². The summed E-state index contributed by atoms with van der Waals surface area (Å²) < 4.78 is 27.7. The van der Waals surface area contributed by atoms with Crippen molar-refractivity contribution >= 4 is 37.9 Å². The van der Waals surface area contributed by atoms with E-state index in [4.69, 9.17) is 0 Å². The molecule has 1 fully saturated rings. The average molecular weight is 480 g/mol.